The fourth-order valence-electron chi connectivity index (χ4n) is 2.77. The van der Waals surface area contributed by atoms with Crippen molar-refractivity contribution in [2.45, 2.75) is 38.8 Å². The SMILES string of the molecule is CCc1ccc(C(NC)C2CCOC2C)cc1. The second kappa shape index (κ2) is 5.65. The average molecular weight is 233 g/mol. The van der Waals surface area contributed by atoms with Crippen molar-refractivity contribution in [2.24, 2.45) is 5.92 Å². The zero-order valence-corrected chi connectivity index (χ0v) is 11.1. The fraction of sp³-hybridized carbons (Fsp3) is 0.600. The zero-order chi connectivity index (χ0) is 12.3. The molecule has 1 heterocycles. The summed E-state index contributed by atoms with van der Waals surface area (Å²) in [5, 5.41) is 3.45. The van der Waals surface area contributed by atoms with E-state index in [-0.39, 0.29) is 0 Å². The Balaban J connectivity index is 2.16. The Morgan fingerprint density at radius 2 is 2.06 bits per heavy atom. The lowest BCUT2D eigenvalue weighted by Crippen LogP contribution is -2.29. The van der Waals surface area contributed by atoms with Gasteiger partial charge in [-0.15, -0.1) is 0 Å². The van der Waals surface area contributed by atoms with E-state index in [1.807, 2.05) is 7.05 Å². The molecule has 0 bridgehead atoms. The number of nitrogens with one attached hydrogen (secondary N) is 1. The minimum atomic E-state index is 0.360. The third kappa shape index (κ3) is 2.70. The van der Waals surface area contributed by atoms with Crippen LogP contribution < -0.4 is 5.32 Å². The summed E-state index contributed by atoms with van der Waals surface area (Å²) in [6.45, 7) is 5.27. The van der Waals surface area contributed by atoms with E-state index in [0.29, 0.717) is 18.1 Å². The Labute approximate surface area is 104 Å². The van der Waals surface area contributed by atoms with E-state index in [1.165, 1.54) is 11.1 Å². The van der Waals surface area contributed by atoms with Crippen molar-refractivity contribution in [1.82, 2.24) is 5.32 Å². The highest BCUT2D eigenvalue weighted by Gasteiger charge is 2.31. The van der Waals surface area contributed by atoms with Crippen LogP contribution in [0.25, 0.3) is 0 Å². The van der Waals surface area contributed by atoms with E-state index in [0.717, 1.165) is 19.4 Å². The number of hydrogen-bond acceptors (Lipinski definition) is 2. The van der Waals surface area contributed by atoms with Gasteiger partial charge < -0.3 is 10.1 Å². The zero-order valence-electron chi connectivity index (χ0n) is 11.1. The van der Waals surface area contributed by atoms with E-state index in [1.54, 1.807) is 0 Å². The van der Waals surface area contributed by atoms with Crippen LogP contribution in [0.3, 0.4) is 0 Å². The second-order valence-corrected chi connectivity index (χ2v) is 4.89. The monoisotopic (exact) mass is 233 g/mol. The molecule has 3 atom stereocenters. The normalized spacial score (nSPS) is 26.1. The molecule has 0 amide bonds. The molecular formula is C15H23NO. The van der Waals surface area contributed by atoms with Gasteiger partial charge in [-0.05, 0) is 37.9 Å². The Morgan fingerprint density at radius 1 is 1.35 bits per heavy atom. The van der Waals surface area contributed by atoms with Crippen LogP contribution in [0.5, 0.6) is 0 Å². The molecule has 1 aromatic rings. The van der Waals surface area contributed by atoms with Gasteiger partial charge in [-0.2, -0.15) is 0 Å². The maximum atomic E-state index is 5.67. The molecule has 0 saturated carbocycles. The molecule has 1 aliphatic rings. The number of rotatable bonds is 4. The summed E-state index contributed by atoms with van der Waals surface area (Å²) in [5.41, 5.74) is 2.78. The summed E-state index contributed by atoms with van der Waals surface area (Å²) in [4.78, 5) is 0. The quantitative estimate of drug-likeness (QED) is 0.863. The first-order chi connectivity index (χ1) is 8.26. The number of aryl methyl sites for hydroxylation is 1. The van der Waals surface area contributed by atoms with Crippen molar-refractivity contribution in [3.63, 3.8) is 0 Å². The third-order valence-corrected chi connectivity index (χ3v) is 3.92. The van der Waals surface area contributed by atoms with Gasteiger partial charge in [0, 0.05) is 18.6 Å². The molecule has 17 heavy (non-hydrogen) atoms. The summed E-state index contributed by atoms with van der Waals surface area (Å²) >= 11 is 0. The van der Waals surface area contributed by atoms with Crippen LogP contribution >= 0.6 is 0 Å². The molecule has 1 fully saturated rings. The molecule has 1 saturated heterocycles. The molecule has 0 aliphatic carbocycles. The van der Waals surface area contributed by atoms with Crippen LogP contribution in [0.4, 0.5) is 0 Å². The number of ether oxygens (including phenoxy) is 1. The van der Waals surface area contributed by atoms with Crippen molar-refractivity contribution in [2.75, 3.05) is 13.7 Å². The molecule has 2 heteroatoms. The second-order valence-electron chi connectivity index (χ2n) is 4.89. The lowest BCUT2D eigenvalue weighted by atomic mass is 9.88. The van der Waals surface area contributed by atoms with Crippen LogP contribution in [0.1, 0.15) is 37.4 Å². The highest BCUT2D eigenvalue weighted by Crippen LogP contribution is 2.33. The molecule has 2 rings (SSSR count). The van der Waals surface area contributed by atoms with Crippen LogP contribution in [-0.4, -0.2) is 19.8 Å². The van der Waals surface area contributed by atoms with Gasteiger partial charge in [-0.3, -0.25) is 0 Å². The first-order valence-electron chi connectivity index (χ1n) is 6.64. The van der Waals surface area contributed by atoms with Crippen LogP contribution in [0.15, 0.2) is 24.3 Å². The Bertz CT molecular complexity index is 346. The van der Waals surface area contributed by atoms with Gasteiger partial charge in [-0.1, -0.05) is 31.2 Å². The summed E-state index contributed by atoms with van der Waals surface area (Å²) in [7, 11) is 2.05. The molecule has 1 N–H and O–H groups in total. The van der Waals surface area contributed by atoms with Crippen LogP contribution in [0.2, 0.25) is 0 Å². The largest absolute Gasteiger partial charge is 0.378 e. The fourth-order valence-corrected chi connectivity index (χ4v) is 2.77. The average Bonchev–Trinajstić information content (AvgIpc) is 2.78. The molecule has 0 aromatic heterocycles. The minimum absolute atomic E-state index is 0.360. The van der Waals surface area contributed by atoms with Gasteiger partial charge in [0.2, 0.25) is 0 Å². The molecule has 1 aromatic carbocycles. The Kier molecular flexibility index (Phi) is 4.19. The van der Waals surface area contributed by atoms with Gasteiger partial charge in [-0.25, -0.2) is 0 Å². The first-order valence-corrected chi connectivity index (χ1v) is 6.64. The summed E-state index contributed by atoms with van der Waals surface area (Å²) in [5.74, 6) is 0.590. The lowest BCUT2D eigenvalue weighted by Gasteiger charge is -2.26. The van der Waals surface area contributed by atoms with Crippen molar-refractivity contribution in [1.29, 1.82) is 0 Å². The molecule has 2 nitrogen and oxygen atoms in total. The smallest absolute Gasteiger partial charge is 0.0594 e. The Morgan fingerprint density at radius 3 is 2.53 bits per heavy atom. The van der Waals surface area contributed by atoms with Crippen molar-refractivity contribution < 1.29 is 4.74 Å². The van der Waals surface area contributed by atoms with E-state index >= 15 is 0 Å². The first kappa shape index (κ1) is 12.6. The van der Waals surface area contributed by atoms with E-state index in [4.69, 9.17) is 4.74 Å². The predicted molar refractivity (Wildman–Crippen MR) is 71.1 cm³/mol. The minimum Gasteiger partial charge on any atom is -0.378 e. The maximum Gasteiger partial charge on any atom is 0.0594 e. The highest BCUT2D eigenvalue weighted by atomic mass is 16.5. The van der Waals surface area contributed by atoms with Gasteiger partial charge in [0.25, 0.3) is 0 Å². The molecule has 0 radical (unpaired) electrons. The molecular weight excluding hydrogens is 210 g/mol. The molecule has 94 valence electrons. The van der Waals surface area contributed by atoms with Gasteiger partial charge in [0.05, 0.1) is 6.10 Å². The summed E-state index contributed by atoms with van der Waals surface area (Å²) in [6.07, 6.45) is 2.62. The lowest BCUT2D eigenvalue weighted by molar-refractivity contribution is 0.0963. The van der Waals surface area contributed by atoms with Crippen molar-refractivity contribution >= 4 is 0 Å². The standard InChI is InChI=1S/C15H23NO/c1-4-12-5-7-13(8-6-12)15(16-3)14-9-10-17-11(14)2/h5-8,11,14-16H,4,9-10H2,1-3H3. The van der Waals surface area contributed by atoms with Crippen molar-refractivity contribution in [3.05, 3.63) is 35.4 Å². The highest BCUT2D eigenvalue weighted by molar-refractivity contribution is 5.26. The molecule has 1 aliphatic heterocycles. The van der Waals surface area contributed by atoms with Crippen LogP contribution in [-0.2, 0) is 11.2 Å². The maximum absolute atomic E-state index is 5.67. The Hall–Kier alpha value is -0.860. The van der Waals surface area contributed by atoms with Crippen molar-refractivity contribution in [3.8, 4) is 0 Å². The van der Waals surface area contributed by atoms with Gasteiger partial charge in [0.1, 0.15) is 0 Å². The van der Waals surface area contributed by atoms with Crippen LogP contribution in [0, 0.1) is 5.92 Å². The van der Waals surface area contributed by atoms with Gasteiger partial charge in [0.15, 0.2) is 0 Å². The van der Waals surface area contributed by atoms with E-state index in [2.05, 4.69) is 43.4 Å². The van der Waals surface area contributed by atoms with Gasteiger partial charge >= 0.3 is 0 Å². The summed E-state index contributed by atoms with van der Waals surface area (Å²) < 4.78 is 5.67. The summed E-state index contributed by atoms with van der Waals surface area (Å²) in [6, 6.07) is 9.40. The molecule has 0 spiro atoms. The number of hydrogen-bond donors (Lipinski definition) is 1. The topological polar surface area (TPSA) is 21.3 Å². The van der Waals surface area contributed by atoms with E-state index < -0.39 is 0 Å². The number of benzene rings is 1. The van der Waals surface area contributed by atoms with E-state index in [9.17, 15) is 0 Å². The predicted octanol–water partition coefficient (Wildman–Crippen LogP) is 2.93. The third-order valence-electron chi connectivity index (χ3n) is 3.92. The molecule has 3 unspecified atom stereocenters.